The molecule has 4 N–H and O–H groups in total. The molecule has 0 aliphatic carbocycles. The lowest BCUT2D eigenvalue weighted by Crippen LogP contribution is -2.19. The molecule has 0 fully saturated rings. The predicted octanol–water partition coefficient (Wildman–Crippen LogP) is 3.05. The van der Waals surface area contributed by atoms with Crippen LogP contribution in [0.15, 0.2) is 76.7 Å². The first-order chi connectivity index (χ1) is 16.6. The highest BCUT2D eigenvalue weighted by Crippen LogP contribution is 2.30. The zero-order valence-electron chi connectivity index (χ0n) is 19.4. The van der Waals surface area contributed by atoms with E-state index in [9.17, 15) is 34.4 Å². The number of rotatable bonds is 11. The van der Waals surface area contributed by atoms with E-state index < -0.39 is 45.9 Å². The molecule has 0 spiro atoms. The number of allylic oxidation sites excluding steroid dienone is 3. The van der Waals surface area contributed by atoms with E-state index >= 15 is 0 Å². The summed E-state index contributed by atoms with van der Waals surface area (Å²) in [5.41, 5.74) is 1.24. The zero-order chi connectivity index (χ0) is 27.1. The third-order valence-electron chi connectivity index (χ3n) is 4.95. The van der Waals surface area contributed by atoms with Crippen molar-refractivity contribution in [1.29, 1.82) is 0 Å². The molecule has 2 aromatic carbocycles. The van der Waals surface area contributed by atoms with E-state index in [-0.39, 0.29) is 24.2 Å². The van der Waals surface area contributed by atoms with Gasteiger partial charge < -0.3 is 5.32 Å². The Morgan fingerprint density at radius 2 is 1.58 bits per heavy atom. The van der Waals surface area contributed by atoms with Gasteiger partial charge in [-0.25, -0.2) is 0 Å². The molecule has 14 heteroatoms. The molecule has 0 aromatic heterocycles. The van der Waals surface area contributed by atoms with Crippen LogP contribution in [0.25, 0.3) is 0 Å². The zero-order valence-corrected chi connectivity index (χ0v) is 21.9. The lowest BCUT2D eigenvalue weighted by Gasteiger charge is -2.12. The maximum Gasteiger partial charge on any atom is 0.295 e. The molecule has 0 aliphatic heterocycles. The van der Waals surface area contributed by atoms with Gasteiger partial charge in [0.1, 0.15) is 16.3 Å². The van der Waals surface area contributed by atoms with Crippen molar-refractivity contribution in [2.45, 2.75) is 30.1 Å². The number of hydrogen-bond donors (Lipinski definition) is 4. The molecule has 0 heterocycles. The highest BCUT2D eigenvalue weighted by Gasteiger charge is 2.28. The van der Waals surface area contributed by atoms with E-state index in [4.69, 9.17) is 4.55 Å². The smallest absolute Gasteiger partial charge is 0.295 e. The second kappa shape index (κ2) is 11.9. The van der Waals surface area contributed by atoms with Gasteiger partial charge in [-0.05, 0) is 31.2 Å². The quantitative estimate of drug-likeness (QED) is 0.138. The minimum Gasteiger partial charge on any atom is -0.362 e. The van der Waals surface area contributed by atoms with E-state index in [1.54, 1.807) is 31.4 Å². The van der Waals surface area contributed by atoms with Gasteiger partial charge in [-0.15, -0.1) is 0 Å². The highest BCUT2D eigenvalue weighted by molar-refractivity contribution is 7.86. The van der Waals surface area contributed by atoms with Crippen molar-refractivity contribution in [3.05, 3.63) is 72.5 Å². The number of nitrogens with one attached hydrogen (secondary N) is 1. The van der Waals surface area contributed by atoms with Gasteiger partial charge in [0.05, 0.1) is 5.75 Å². The lowest BCUT2D eigenvalue weighted by molar-refractivity contribution is -0.441. The van der Waals surface area contributed by atoms with E-state index in [2.05, 4.69) is 5.32 Å². The molecule has 0 radical (unpaired) electrons. The van der Waals surface area contributed by atoms with E-state index in [0.717, 1.165) is 11.8 Å². The number of para-hydroxylation sites is 1. The van der Waals surface area contributed by atoms with Gasteiger partial charge in [0.2, 0.25) is 5.69 Å². The number of nitrogens with zero attached hydrogens (tertiary/aromatic N) is 1. The fraction of sp³-hybridized carbons (Fsp3) is 0.227. The van der Waals surface area contributed by atoms with Crippen LogP contribution in [0.5, 0.6) is 0 Å². The first-order valence-electron chi connectivity index (χ1n) is 10.4. The van der Waals surface area contributed by atoms with E-state index in [0.29, 0.717) is 11.8 Å². The van der Waals surface area contributed by atoms with Crippen LogP contribution in [0.1, 0.15) is 18.9 Å². The molecule has 11 nitrogen and oxygen atoms in total. The van der Waals surface area contributed by atoms with Crippen molar-refractivity contribution in [1.82, 2.24) is 0 Å². The van der Waals surface area contributed by atoms with Crippen LogP contribution in [0.3, 0.4) is 0 Å². The Bertz CT molecular complexity index is 1510. The monoisotopic (exact) mass is 559 g/mol. The van der Waals surface area contributed by atoms with Crippen LogP contribution in [0, 0.1) is 6.92 Å². The van der Waals surface area contributed by atoms with Crippen LogP contribution in [0.2, 0.25) is 0 Å². The third kappa shape index (κ3) is 8.96. The Morgan fingerprint density at radius 1 is 0.944 bits per heavy atom. The van der Waals surface area contributed by atoms with Gasteiger partial charge in [0, 0.05) is 42.9 Å². The molecule has 0 saturated heterocycles. The van der Waals surface area contributed by atoms with Gasteiger partial charge in [0.15, 0.2) is 5.71 Å². The largest absolute Gasteiger partial charge is 0.362 e. The van der Waals surface area contributed by atoms with Crippen molar-refractivity contribution in [2.75, 3.05) is 17.6 Å². The van der Waals surface area contributed by atoms with E-state index in [1.165, 1.54) is 11.5 Å². The maximum atomic E-state index is 11.9. The summed E-state index contributed by atoms with van der Waals surface area (Å²) in [5, 5.41) is 3.05. The van der Waals surface area contributed by atoms with Crippen LogP contribution < -0.4 is 5.32 Å². The minimum absolute atomic E-state index is 0.0124. The van der Waals surface area contributed by atoms with Crippen LogP contribution >= 0.6 is 0 Å². The summed E-state index contributed by atoms with van der Waals surface area (Å²) >= 11 is 0. The molecule has 2 aromatic rings. The summed E-state index contributed by atoms with van der Waals surface area (Å²) in [5.74, 6) is -0.608. The van der Waals surface area contributed by atoms with Gasteiger partial charge >= 0.3 is 0 Å². The summed E-state index contributed by atoms with van der Waals surface area (Å²) in [6, 6.07) is 11.0. The summed E-state index contributed by atoms with van der Waals surface area (Å²) in [4.78, 5) is -1.52. The first-order valence-corrected chi connectivity index (χ1v) is 14.9. The SMILES string of the molecule is CC(/C=C/C=C/Nc1ccccc1)=[N+](/CCCS(=O)(=O)O)c1cc(S(=O)(=O)O)cc(S(=O)(=O)O)c1C. The Morgan fingerprint density at radius 3 is 2.14 bits per heavy atom. The molecular weight excluding hydrogens is 532 g/mol. The molecule has 0 aliphatic rings. The van der Waals surface area contributed by atoms with Crippen LogP contribution in [-0.2, 0) is 30.4 Å². The number of hydrogen-bond acceptors (Lipinski definition) is 7. The molecule has 36 heavy (non-hydrogen) atoms. The van der Waals surface area contributed by atoms with Crippen molar-refractivity contribution in [3.8, 4) is 0 Å². The van der Waals surface area contributed by atoms with E-state index in [1.807, 2.05) is 30.3 Å². The fourth-order valence-electron chi connectivity index (χ4n) is 3.26. The number of anilines is 1. The predicted molar refractivity (Wildman–Crippen MR) is 136 cm³/mol. The van der Waals surface area contributed by atoms with Gasteiger partial charge in [-0.1, -0.05) is 24.3 Å². The Balaban J connectivity index is 2.57. The van der Waals surface area contributed by atoms with Crippen molar-refractivity contribution >= 4 is 47.4 Å². The molecule has 2 rings (SSSR count). The number of benzene rings is 2. The molecular formula is C22H27N2O9S3+. The Kier molecular flexibility index (Phi) is 9.70. The molecule has 196 valence electrons. The molecule has 0 bridgehead atoms. The van der Waals surface area contributed by atoms with Crippen LogP contribution in [0.4, 0.5) is 11.4 Å². The van der Waals surface area contributed by atoms with Crippen molar-refractivity contribution in [3.63, 3.8) is 0 Å². The fourth-order valence-corrected chi connectivity index (χ4v) is 5.12. The molecule has 0 atom stereocenters. The maximum absolute atomic E-state index is 11.9. The highest BCUT2D eigenvalue weighted by atomic mass is 32.2. The minimum atomic E-state index is -4.88. The normalized spacial score (nSPS) is 13.8. The molecule has 0 saturated carbocycles. The average Bonchev–Trinajstić information content (AvgIpc) is 2.75. The van der Waals surface area contributed by atoms with Gasteiger partial charge in [-0.2, -0.15) is 29.8 Å². The Hall–Kier alpha value is -2.88. The molecule has 0 amide bonds. The standard InChI is InChI=1S/C22H26N2O9S3/c1-17(9-6-7-12-23-19-10-4-3-5-11-19)24(13-8-14-34(25,26)27)21-15-20(35(28,29)30)16-22(18(21)2)36(31,32)33/h3-7,9-12,15-16H,8,13-14H2,1-2H3,(H3,25,26,27,28,29,30,31,32,33)/p+1. The third-order valence-corrected chi connectivity index (χ3v) is 7.57. The summed E-state index contributed by atoms with van der Waals surface area (Å²) in [6.07, 6.45) is 6.45. The second-order valence-electron chi connectivity index (χ2n) is 7.68. The van der Waals surface area contributed by atoms with Gasteiger partial charge in [0.25, 0.3) is 30.4 Å². The average molecular weight is 560 g/mol. The first kappa shape index (κ1) is 29.4. The second-order valence-corrected chi connectivity index (χ2v) is 12.1. The topological polar surface area (TPSA) is 178 Å². The summed E-state index contributed by atoms with van der Waals surface area (Å²) in [7, 11) is -14.0. The molecule has 0 unspecified atom stereocenters. The summed E-state index contributed by atoms with van der Waals surface area (Å²) < 4.78 is 99.4. The summed E-state index contributed by atoms with van der Waals surface area (Å²) in [6.45, 7) is 2.85. The van der Waals surface area contributed by atoms with Crippen molar-refractivity contribution < 1.29 is 43.5 Å². The van der Waals surface area contributed by atoms with Crippen molar-refractivity contribution in [2.24, 2.45) is 0 Å². The van der Waals surface area contributed by atoms with Gasteiger partial charge in [-0.3, -0.25) is 13.7 Å². The lowest BCUT2D eigenvalue weighted by atomic mass is 10.1. The van der Waals surface area contributed by atoms with Crippen LogP contribution in [-0.4, -0.2) is 61.5 Å². The Labute approximate surface area is 210 Å².